The highest BCUT2D eigenvalue weighted by atomic mass is 16.3. The SMILES string of the molecule is CC(C)(C)CC(O)CNc1cc(C#N)ccn1. The van der Waals surface area contributed by atoms with Gasteiger partial charge in [-0.15, -0.1) is 0 Å². The van der Waals surface area contributed by atoms with Crippen LogP contribution in [0.4, 0.5) is 5.82 Å². The Hall–Kier alpha value is -1.60. The molecule has 1 unspecified atom stereocenters. The summed E-state index contributed by atoms with van der Waals surface area (Å²) in [6.07, 6.45) is 1.89. The second kappa shape index (κ2) is 5.65. The first-order valence-corrected chi connectivity index (χ1v) is 5.69. The van der Waals surface area contributed by atoms with E-state index in [1.807, 2.05) is 0 Å². The monoisotopic (exact) mass is 233 g/mol. The molecular formula is C13H19N3O. The Labute approximate surface area is 102 Å². The van der Waals surface area contributed by atoms with Gasteiger partial charge < -0.3 is 10.4 Å². The number of aromatic nitrogens is 1. The van der Waals surface area contributed by atoms with Gasteiger partial charge in [-0.3, -0.25) is 0 Å². The summed E-state index contributed by atoms with van der Waals surface area (Å²) in [5.74, 6) is 0.622. The van der Waals surface area contributed by atoms with Crippen molar-refractivity contribution in [3.8, 4) is 6.07 Å². The standard InChI is InChI=1S/C13H19N3O/c1-13(2,3)7-11(17)9-16-12-6-10(8-14)4-5-15-12/h4-6,11,17H,7,9H2,1-3H3,(H,15,16). The van der Waals surface area contributed by atoms with E-state index in [4.69, 9.17) is 5.26 Å². The highest BCUT2D eigenvalue weighted by Crippen LogP contribution is 2.20. The number of nitrogens with one attached hydrogen (secondary N) is 1. The fourth-order valence-electron chi connectivity index (χ4n) is 1.60. The molecule has 2 N–H and O–H groups in total. The zero-order valence-corrected chi connectivity index (χ0v) is 10.6. The highest BCUT2D eigenvalue weighted by molar-refractivity contribution is 5.42. The summed E-state index contributed by atoms with van der Waals surface area (Å²) >= 11 is 0. The Morgan fingerprint density at radius 2 is 2.24 bits per heavy atom. The summed E-state index contributed by atoms with van der Waals surface area (Å²) < 4.78 is 0. The third-order valence-electron chi connectivity index (χ3n) is 2.26. The fraction of sp³-hybridized carbons (Fsp3) is 0.538. The van der Waals surface area contributed by atoms with Crippen molar-refractivity contribution in [3.63, 3.8) is 0 Å². The molecule has 0 saturated heterocycles. The Morgan fingerprint density at radius 3 is 2.82 bits per heavy atom. The predicted octanol–water partition coefficient (Wildman–Crippen LogP) is 2.16. The number of hydrogen-bond acceptors (Lipinski definition) is 4. The van der Waals surface area contributed by atoms with E-state index in [1.54, 1.807) is 18.3 Å². The Bertz CT molecular complexity index is 404. The van der Waals surface area contributed by atoms with Crippen LogP contribution in [0, 0.1) is 16.7 Å². The van der Waals surface area contributed by atoms with Crippen LogP contribution in [0.2, 0.25) is 0 Å². The van der Waals surface area contributed by atoms with E-state index in [0.29, 0.717) is 17.9 Å². The van der Waals surface area contributed by atoms with Crippen molar-refractivity contribution in [1.29, 1.82) is 5.26 Å². The second-order valence-corrected chi connectivity index (χ2v) is 5.34. The van der Waals surface area contributed by atoms with Crippen molar-refractivity contribution in [2.24, 2.45) is 5.41 Å². The molecule has 0 fully saturated rings. The number of nitrogens with zero attached hydrogens (tertiary/aromatic N) is 2. The molecule has 1 heterocycles. The van der Waals surface area contributed by atoms with Crippen LogP contribution in [-0.2, 0) is 0 Å². The van der Waals surface area contributed by atoms with Gasteiger partial charge in [0.1, 0.15) is 5.82 Å². The lowest BCUT2D eigenvalue weighted by atomic mass is 9.89. The lowest BCUT2D eigenvalue weighted by molar-refractivity contribution is 0.132. The molecule has 0 radical (unpaired) electrons. The van der Waals surface area contributed by atoms with E-state index in [0.717, 1.165) is 6.42 Å². The normalized spacial score (nSPS) is 12.9. The number of hydrogen-bond donors (Lipinski definition) is 2. The summed E-state index contributed by atoms with van der Waals surface area (Å²) in [6, 6.07) is 5.37. The van der Waals surface area contributed by atoms with Crippen LogP contribution >= 0.6 is 0 Å². The van der Waals surface area contributed by atoms with Gasteiger partial charge in [-0.1, -0.05) is 20.8 Å². The van der Waals surface area contributed by atoms with Crippen molar-refractivity contribution in [3.05, 3.63) is 23.9 Å². The van der Waals surface area contributed by atoms with Crippen LogP contribution in [0.1, 0.15) is 32.8 Å². The van der Waals surface area contributed by atoms with Crippen molar-refractivity contribution >= 4 is 5.82 Å². The number of pyridine rings is 1. The van der Waals surface area contributed by atoms with Gasteiger partial charge in [0.25, 0.3) is 0 Å². The molecule has 1 aromatic rings. The largest absolute Gasteiger partial charge is 0.391 e. The van der Waals surface area contributed by atoms with Gasteiger partial charge >= 0.3 is 0 Å². The second-order valence-electron chi connectivity index (χ2n) is 5.34. The van der Waals surface area contributed by atoms with Gasteiger partial charge in [0.05, 0.1) is 17.7 Å². The molecule has 0 aliphatic heterocycles. The number of anilines is 1. The first-order chi connectivity index (χ1) is 7.90. The van der Waals surface area contributed by atoms with Crippen molar-refractivity contribution in [2.45, 2.75) is 33.3 Å². The Kier molecular flexibility index (Phi) is 4.47. The highest BCUT2D eigenvalue weighted by Gasteiger charge is 2.16. The zero-order chi connectivity index (χ0) is 12.9. The molecule has 0 aliphatic carbocycles. The van der Waals surface area contributed by atoms with Crippen molar-refractivity contribution < 1.29 is 5.11 Å². The van der Waals surface area contributed by atoms with Crippen LogP contribution in [0.5, 0.6) is 0 Å². The minimum absolute atomic E-state index is 0.100. The van der Waals surface area contributed by atoms with Gasteiger partial charge in [0.2, 0.25) is 0 Å². The molecule has 0 spiro atoms. The fourth-order valence-corrected chi connectivity index (χ4v) is 1.60. The van der Waals surface area contributed by atoms with E-state index >= 15 is 0 Å². The molecule has 0 aromatic carbocycles. The molecule has 0 amide bonds. The zero-order valence-electron chi connectivity index (χ0n) is 10.6. The average molecular weight is 233 g/mol. The topological polar surface area (TPSA) is 68.9 Å². The molecule has 1 rings (SSSR count). The van der Waals surface area contributed by atoms with Gasteiger partial charge in [-0.25, -0.2) is 4.98 Å². The third-order valence-corrected chi connectivity index (χ3v) is 2.26. The number of rotatable bonds is 4. The maximum Gasteiger partial charge on any atom is 0.127 e. The summed E-state index contributed by atoms with van der Waals surface area (Å²) in [5, 5.41) is 21.6. The van der Waals surface area contributed by atoms with Crippen LogP contribution in [0.3, 0.4) is 0 Å². The molecule has 0 saturated carbocycles. The van der Waals surface area contributed by atoms with Gasteiger partial charge in [0, 0.05) is 12.7 Å². The lowest BCUT2D eigenvalue weighted by Gasteiger charge is -2.22. The number of aliphatic hydroxyl groups is 1. The van der Waals surface area contributed by atoms with E-state index in [-0.39, 0.29) is 5.41 Å². The maximum absolute atomic E-state index is 9.82. The number of nitriles is 1. The quantitative estimate of drug-likeness (QED) is 0.836. The average Bonchev–Trinajstić information content (AvgIpc) is 2.24. The summed E-state index contributed by atoms with van der Waals surface area (Å²) in [7, 11) is 0. The molecule has 4 nitrogen and oxygen atoms in total. The Morgan fingerprint density at radius 1 is 1.53 bits per heavy atom. The smallest absolute Gasteiger partial charge is 0.127 e. The maximum atomic E-state index is 9.82. The minimum atomic E-state index is -0.414. The molecule has 92 valence electrons. The summed E-state index contributed by atoms with van der Waals surface area (Å²) in [6.45, 7) is 6.71. The molecule has 17 heavy (non-hydrogen) atoms. The predicted molar refractivity (Wildman–Crippen MR) is 67.5 cm³/mol. The summed E-state index contributed by atoms with van der Waals surface area (Å²) in [5.41, 5.74) is 0.663. The third kappa shape index (κ3) is 5.32. The van der Waals surface area contributed by atoms with E-state index in [9.17, 15) is 5.11 Å². The Balaban J connectivity index is 2.48. The molecule has 0 aliphatic rings. The number of aliphatic hydroxyl groups excluding tert-OH is 1. The first-order valence-electron chi connectivity index (χ1n) is 5.69. The molecule has 1 atom stereocenters. The molecule has 0 bridgehead atoms. The summed E-state index contributed by atoms with van der Waals surface area (Å²) in [4.78, 5) is 4.08. The van der Waals surface area contributed by atoms with Crippen LogP contribution < -0.4 is 5.32 Å². The van der Waals surface area contributed by atoms with Gasteiger partial charge in [0.15, 0.2) is 0 Å². The molecular weight excluding hydrogens is 214 g/mol. The van der Waals surface area contributed by atoms with Crippen molar-refractivity contribution in [1.82, 2.24) is 4.98 Å². The molecule has 1 aromatic heterocycles. The van der Waals surface area contributed by atoms with Gasteiger partial charge in [-0.05, 0) is 24.0 Å². The van der Waals surface area contributed by atoms with Gasteiger partial charge in [-0.2, -0.15) is 5.26 Å². The lowest BCUT2D eigenvalue weighted by Crippen LogP contribution is -2.25. The minimum Gasteiger partial charge on any atom is -0.391 e. The van der Waals surface area contributed by atoms with Crippen molar-refractivity contribution in [2.75, 3.05) is 11.9 Å². The van der Waals surface area contributed by atoms with E-state index in [2.05, 4.69) is 37.1 Å². The van der Waals surface area contributed by atoms with E-state index < -0.39 is 6.10 Å². The van der Waals surface area contributed by atoms with E-state index in [1.165, 1.54) is 0 Å². The van der Waals surface area contributed by atoms with Crippen LogP contribution in [0.15, 0.2) is 18.3 Å². The van der Waals surface area contributed by atoms with Crippen LogP contribution in [0.25, 0.3) is 0 Å². The van der Waals surface area contributed by atoms with Crippen LogP contribution in [-0.4, -0.2) is 22.7 Å². The molecule has 4 heteroatoms. The first kappa shape index (κ1) is 13.5.